The lowest BCUT2D eigenvalue weighted by Gasteiger charge is -2.39. The van der Waals surface area contributed by atoms with Crippen molar-refractivity contribution in [2.45, 2.75) is 57.7 Å². The van der Waals surface area contributed by atoms with Crippen LogP contribution in [0.5, 0.6) is 5.75 Å². The van der Waals surface area contributed by atoms with E-state index in [0.717, 1.165) is 61.3 Å². The number of urea groups is 1. The highest BCUT2D eigenvalue weighted by atomic mass is 16.5. The first kappa shape index (κ1) is 25.3. The van der Waals surface area contributed by atoms with E-state index >= 15 is 0 Å². The number of carbonyl (C=O) groups excluding carboxylic acids is 1. The van der Waals surface area contributed by atoms with Crippen LogP contribution < -0.4 is 15.4 Å². The molecule has 3 saturated heterocycles. The zero-order chi connectivity index (χ0) is 25.9. The van der Waals surface area contributed by atoms with E-state index in [9.17, 15) is 4.79 Å². The molecule has 8 heteroatoms. The van der Waals surface area contributed by atoms with Crippen LogP contribution in [-0.4, -0.2) is 57.7 Å². The molecule has 3 aromatic rings. The number of aromatic nitrogens is 3. The van der Waals surface area contributed by atoms with Gasteiger partial charge >= 0.3 is 6.03 Å². The van der Waals surface area contributed by atoms with Gasteiger partial charge in [-0.2, -0.15) is 0 Å². The second-order valence-corrected chi connectivity index (χ2v) is 11.1. The third kappa shape index (κ3) is 5.96. The molecule has 3 aliphatic heterocycles. The minimum absolute atomic E-state index is 0.0867. The van der Waals surface area contributed by atoms with Crippen molar-refractivity contribution in [3.05, 3.63) is 66.5 Å². The average Bonchev–Trinajstić information content (AvgIpc) is 3.31. The molecule has 0 aliphatic carbocycles. The van der Waals surface area contributed by atoms with Gasteiger partial charge in [0.15, 0.2) is 0 Å². The summed E-state index contributed by atoms with van der Waals surface area (Å²) in [5.41, 5.74) is 2.66. The van der Waals surface area contributed by atoms with Crippen LogP contribution in [0.1, 0.15) is 45.6 Å². The summed E-state index contributed by atoms with van der Waals surface area (Å²) in [6.07, 6.45) is 6.81. The highest BCUT2D eigenvalue weighted by Gasteiger charge is 2.41. The number of ether oxygens (including phenoxy) is 1. The number of benzene rings is 2. The number of hydrogen-bond donors (Lipinski definition) is 2. The fourth-order valence-corrected chi connectivity index (χ4v) is 5.63. The summed E-state index contributed by atoms with van der Waals surface area (Å²) in [6.45, 7) is 10.9. The highest BCUT2D eigenvalue weighted by Crippen LogP contribution is 2.35. The summed E-state index contributed by atoms with van der Waals surface area (Å²) in [6, 6.07) is 16.4. The molecule has 1 aromatic heterocycles. The van der Waals surface area contributed by atoms with Crippen LogP contribution in [0.2, 0.25) is 0 Å². The fraction of sp³-hybridized carbons (Fsp3) is 0.483. The summed E-state index contributed by atoms with van der Waals surface area (Å²) in [5, 5.41) is 14.3. The van der Waals surface area contributed by atoms with Crippen molar-refractivity contribution in [2.75, 3.05) is 26.2 Å². The Bertz CT molecular complexity index is 1170. The smallest absolute Gasteiger partial charge is 0.315 e. The molecule has 2 amide bonds. The van der Waals surface area contributed by atoms with E-state index in [-0.39, 0.29) is 11.6 Å². The van der Waals surface area contributed by atoms with Gasteiger partial charge in [0, 0.05) is 18.3 Å². The molecule has 4 heterocycles. The Morgan fingerprint density at radius 2 is 1.73 bits per heavy atom. The summed E-state index contributed by atoms with van der Waals surface area (Å²) in [5.74, 6) is 1.37. The van der Waals surface area contributed by atoms with E-state index in [1.54, 1.807) is 10.9 Å². The van der Waals surface area contributed by atoms with Gasteiger partial charge in [-0.25, -0.2) is 9.48 Å². The van der Waals surface area contributed by atoms with Crippen molar-refractivity contribution in [3.63, 3.8) is 0 Å². The minimum Gasteiger partial charge on any atom is -0.492 e. The molecule has 3 aliphatic rings. The predicted molar refractivity (Wildman–Crippen MR) is 144 cm³/mol. The van der Waals surface area contributed by atoms with E-state index in [4.69, 9.17) is 4.74 Å². The molecule has 2 aromatic carbocycles. The maximum absolute atomic E-state index is 13.1. The lowest BCUT2D eigenvalue weighted by molar-refractivity contribution is 0.171. The summed E-state index contributed by atoms with van der Waals surface area (Å²) < 4.78 is 7.56. The van der Waals surface area contributed by atoms with Gasteiger partial charge in [0.25, 0.3) is 0 Å². The van der Waals surface area contributed by atoms with Crippen LogP contribution in [-0.2, 0) is 12.1 Å². The van der Waals surface area contributed by atoms with Crippen molar-refractivity contribution >= 4 is 6.03 Å². The van der Waals surface area contributed by atoms with E-state index in [0.29, 0.717) is 19.1 Å². The van der Waals surface area contributed by atoms with E-state index in [1.165, 1.54) is 0 Å². The molecule has 1 atom stereocenters. The molecule has 0 saturated carbocycles. The Morgan fingerprint density at radius 3 is 2.38 bits per heavy atom. The van der Waals surface area contributed by atoms with E-state index < -0.39 is 5.54 Å². The van der Waals surface area contributed by atoms with Crippen LogP contribution in [0.4, 0.5) is 4.79 Å². The van der Waals surface area contributed by atoms with Gasteiger partial charge < -0.3 is 20.3 Å². The molecule has 37 heavy (non-hydrogen) atoms. The Kier molecular flexibility index (Phi) is 7.20. The maximum atomic E-state index is 13.1. The van der Waals surface area contributed by atoms with Crippen LogP contribution in [0.15, 0.2) is 60.9 Å². The quantitative estimate of drug-likeness (QED) is 0.476. The normalized spacial score (nSPS) is 23.3. The standard InChI is InChI=1S/C29H38N6O2/c1-28(2,31-27(36)32-29(3)14-18-34-16-12-25(29)13-17-34)24-8-4-22(5-9-24)23-6-10-26(11-7-23)37-21-20-35-19-15-30-33-35/h4-11,15,19,25H,12-14,16-18,20-21H2,1-3H3,(H2,31,32,36). The monoisotopic (exact) mass is 502 g/mol. The predicted octanol–water partition coefficient (Wildman–Crippen LogP) is 4.43. The number of hydrogen-bond acceptors (Lipinski definition) is 5. The van der Waals surface area contributed by atoms with E-state index in [1.807, 2.05) is 18.3 Å². The number of fused-ring (bicyclic) bond motifs is 4. The van der Waals surface area contributed by atoms with Crippen LogP contribution in [0.25, 0.3) is 11.1 Å². The third-order valence-corrected chi connectivity index (χ3v) is 8.12. The molecule has 1 unspecified atom stereocenters. The van der Waals surface area contributed by atoms with Gasteiger partial charge in [0.2, 0.25) is 0 Å². The first-order valence-electron chi connectivity index (χ1n) is 13.3. The minimum atomic E-state index is -0.493. The zero-order valence-corrected chi connectivity index (χ0v) is 22.1. The van der Waals surface area contributed by atoms with Gasteiger partial charge in [-0.05, 0) is 87.9 Å². The van der Waals surface area contributed by atoms with Gasteiger partial charge in [-0.15, -0.1) is 5.10 Å². The third-order valence-electron chi connectivity index (χ3n) is 8.12. The number of rotatable bonds is 8. The van der Waals surface area contributed by atoms with Gasteiger partial charge in [0.1, 0.15) is 12.4 Å². The number of nitrogens with zero attached hydrogens (tertiary/aromatic N) is 4. The Morgan fingerprint density at radius 1 is 1.05 bits per heavy atom. The molecule has 0 spiro atoms. The topological polar surface area (TPSA) is 84.3 Å². The fourth-order valence-electron chi connectivity index (χ4n) is 5.63. The molecule has 8 nitrogen and oxygen atoms in total. The van der Waals surface area contributed by atoms with Gasteiger partial charge in [-0.3, -0.25) is 0 Å². The Balaban J connectivity index is 1.17. The van der Waals surface area contributed by atoms with Crippen molar-refractivity contribution in [2.24, 2.45) is 5.92 Å². The molecule has 196 valence electrons. The second-order valence-electron chi connectivity index (χ2n) is 11.1. The second kappa shape index (κ2) is 10.5. The molecular weight excluding hydrogens is 464 g/mol. The number of nitrogens with one attached hydrogen (secondary N) is 2. The summed E-state index contributed by atoms with van der Waals surface area (Å²) >= 11 is 0. The molecule has 3 fully saturated rings. The Hall–Kier alpha value is -3.39. The average molecular weight is 503 g/mol. The van der Waals surface area contributed by atoms with Gasteiger partial charge in [-0.1, -0.05) is 41.6 Å². The van der Waals surface area contributed by atoms with Crippen LogP contribution in [0.3, 0.4) is 0 Å². The molecular formula is C29H38N6O2. The molecule has 0 radical (unpaired) electrons. The van der Waals surface area contributed by atoms with Crippen molar-refractivity contribution in [1.82, 2.24) is 30.5 Å². The maximum Gasteiger partial charge on any atom is 0.315 e. The zero-order valence-electron chi connectivity index (χ0n) is 22.1. The molecule has 2 N–H and O–H groups in total. The number of amides is 2. The van der Waals surface area contributed by atoms with Crippen LogP contribution in [0, 0.1) is 5.92 Å². The van der Waals surface area contributed by atoms with Gasteiger partial charge in [0.05, 0.1) is 18.3 Å². The lowest BCUT2D eigenvalue weighted by Crippen LogP contribution is -2.57. The van der Waals surface area contributed by atoms with E-state index in [2.05, 4.69) is 83.0 Å². The van der Waals surface area contributed by atoms with Crippen molar-refractivity contribution in [1.29, 1.82) is 0 Å². The van der Waals surface area contributed by atoms with Crippen LogP contribution >= 0.6 is 0 Å². The summed E-state index contributed by atoms with van der Waals surface area (Å²) in [4.78, 5) is 15.6. The SMILES string of the molecule is CC(C)(NC(=O)NC1(C)CCN2CCC1CC2)c1ccc(-c2ccc(OCCn3ccnn3)cc2)cc1. The van der Waals surface area contributed by atoms with Crippen molar-refractivity contribution < 1.29 is 9.53 Å². The number of carbonyl (C=O) groups is 1. The summed E-state index contributed by atoms with van der Waals surface area (Å²) in [7, 11) is 0. The lowest BCUT2D eigenvalue weighted by atomic mass is 9.79. The molecule has 2 bridgehead atoms. The molecule has 6 rings (SSSR count). The Labute approximate surface area is 219 Å². The first-order chi connectivity index (χ1) is 17.8. The number of piperidine rings is 1. The highest BCUT2D eigenvalue weighted by molar-refractivity contribution is 5.76. The van der Waals surface area contributed by atoms with Crippen molar-refractivity contribution in [3.8, 4) is 16.9 Å². The first-order valence-corrected chi connectivity index (χ1v) is 13.3. The largest absolute Gasteiger partial charge is 0.492 e.